The number of hydrogen-bond acceptors (Lipinski definition) is 2. The zero-order valence-electron chi connectivity index (χ0n) is 11.5. The van der Waals surface area contributed by atoms with E-state index in [1.807, 2.05) is 12.1 Å². The second-order valence-electron chi connectivity index (χ2n) is 4.44. The van der Waals surface area contributed by atoms with Crippen LogP contribution in [0.25, 0.3) is 11.1 Å². The standard InChI is InChI=1S/C12H10.C7H6O2/c1-3-7-11(8-4-1)12-9-5-2-6-10-12;8-5-6-1-3-7(9)4-2-6/h1-10H;1-5,9H. The molecule has 0 amide bonds. The van der Waals surface area contributed by atoms with E-state index >= 15 is 0 Å². The van der Waals surface area contributed by atoms with E-state index in [4.69, 9.17) is 5.11 Å². The number of rotatable bonds is 2. The maximum absolute atomic E-state index is 10.0. The summed E-state index contributed by atoms with van der Waals surface area (Å²) in [5.74, 6) is 0.181. The lowest BCUT2D eigenvalue weighted by atomic mass is 10.1. The summed E-state index contributed by atoms with van der Waals surface area (Å²) >= 11 is 0. The minimum atomic E-state index is 0.181. The Balaban J connectivity index is 0.000000161. The minimum Gasteiger partial charge on any atom is -0.508 e. The van der Waals surface area contributed by atoms with Gasteiger partial charge in [0.2, 0.25) is 0 Å². The number of phenolic OH excluding ortho intramolecular Hbond substituents is 1. The molecule has 2 nitrogen and oxygen atoms in total. The largest absolute Gasteiger partial charge is 0.508 e. The average molecular weight is 276 g/mol. The van der Waals surface area contributed by atoms with Crippen LogP contribution in [0.4, 0.5) is 0 Å². The predicted molar refractivity (Wildman–Crippen MR) is 85.4 cm³/mol. The van der Waals surface area contributed by atoms with Gasteiger partial charge in [0.15, 0.2) is 0 Å². The summed E-state index contributed by atoms with van der Waals surface area (Å²) in [4.78, 5) is 10.0. The molecule has 0 aliphatic heterocycles. The quantitative estimate of drug-likeness (QED) is 0.697. The Labute approximate surface area is 124 Å². The molecule has 3 aromatic carbocycles. The van der Waals surface area contributed by atoms with Crippen LogP contribution in [0.2, 0.25) is 0 Å². The van der Waals surface area contributed by atoms with Crippen LogP contribution in [0.5, 0.6) is 5.75 Å². The van der Waals surface area contributed by atoms with E-state index in [2.05, 4.69) is 48.5 Å². The zero-order valence-corrected chi connectivity index (χ0v) is 11.5. The summed E-state index contributed by atoms with van der Waals surface area (Å²) in [6, 6.07) is 26.8. The molecule has 0 fully saturated rings. The van der Waals surface area contributed by atoms with Crippen molar-refractivity contribution in [2.24, 2.45) is 0 Å². The third-order valence-corrected chi connectivity index (χ3v) is 2.91. The molecule has 0 aliphatic rings. The minimum absolute atomic E-state index is 0.181. The van der Waals surface area contributed by atoms with Crippen molar-refractivity contribution in [2.45, 2.75) is 0 Å². The lowest BCUT2D eigenvalue weighted by molar-refractivity contribution is 0.112. The van der Waals surface area contributed by atoms with Crippen molar-refractivity contribution >= 4 is 6.29 Å². The van der Waals surface area contributed by atoms with Crippen molar-refractivity contribution in [3.05, 3.63) is 90.5 Å². The van der Waals surface area contributed by atoms with Gasteiger partial charge in [0.25, 0.3) is 0 Å². The average Bonchev–Trinajstić information content (AvgIpc) is 2.58. The highest BCUT2D eigenvalue weighted by Gasteiger charge is 1.91. The van der Waals surface area contributed by atoms with E-state index in [-0.39, 0.29) is 5.75 Å². The van der Waals surface area contributed by atoms with Gasteiger partial charge in [0.1, 0.15) is 12.0 Å². The first kappa shape index (κ1) is 14.5. The molecular weight excluding hydrogens is 260 g/mol. The molecule has 0 aromatic heterocycles. The summed E-state index contributed by atoms with van der Waals surface area (Å²) in [5, 5.41) is 8.74. The monoisotopic (exact) mass is 276 g/mol. The molecule has 0 saturated heterocycles. The Bertz CT molecular complexity index is 621. The summed E-state index contributed by atoms with van der Waals surface area (Å²) in [6.07, 6.45) is 0.736. The first-order valence-corrected chi connectivity index (χ1v) is 6.64. The fraction of sp³-hybridized carbons (Fsp3) is 0. The molecule has 2 heteroatoms. The van der Waals surface area contributed by atoms with Gasteiger partial charge in [-0.15, -0.1) is 0 Å². The fourth-order valence-corrected chi connectivity index (χ4v) is 1.81. The highest BCUT2D eigenvalue weighted by Crippen LogP contribution is 2.17. The molecule has 104 valence electrons. The molecular formula is C19H16O2. The maximum Gasteiger partial charge on any atom is 0.150 e. The number of hydrogen-bond donors (Lipinski definition) is 1. The van der Waals surface area contributed by atoms with Crippen LogP contribution in [0, 0.1) is 0 Å². The van der Waals surface area contributed by atoms with Gasteiger partial charge >= 0.3 is 0 Å². The summed E-state index contributed by atoms with van der Waals surface area (Å²) in [6.45, 7) is 0. The first-order chi connectivity index (χ1) is 10.3. The summed E-state index contributed by atoms with van der Waals surface area (Å²) < 4.78 is 0. The number of aromatic hydroxyl groups is 1. The second kappa shape index (κ2) is 7.65. The highest BCUT2D eigenvalue weighted by molar-refractivity contribution is 5.74. The Morgan fingerprint density at radius 1 is 0.619 bits per heavy atom. The van der Waals surface area contributed by atoms with Crippen LogP contribution in [-0.4, -0.2) is 11.4 Å². The molecule has 0 bridgehead atoms. The van der Waals surface area contributed by atoms with E-state index in [0.29, 0.717) is 5.56 Å². The van der Waals surface area contributed by atoms with Crippen molar-refractivity contribution in [2.75, 3.05) is 0 Å². The van der Waals surface area contributed by atoms with Gasteiger partial charge in [0.05, 0.1) is 0 Å². The van der Waals surface area contributed by atoms with Crippen LogP contribution in [0.1, 0.15) is 10.4 Å². The molecule has 0 heterocycles. The van der Waals surface area contributed by atoms with E-state index in [9.17, 15) is 4.79 Å². The first-order valence-electron chi connectivity index (χ1n) is 6.64. The van der Waals surface area contributed by atoms with Crippen molar-refractivity contribution < 1.29 is 9.90 Å². The molecule has 0 unspecified atom stereocenters. The number of phenols is 1. The van der Waals surface area contributed by atoms with Gasteiger partial charge < -0.3 is 5.11 Å². The number of carbonyl (C=O) groups is 1. The number of carbonyl (C=O) groups excluding carboxylic acids is 1. The third-order valence-electron chi connectivity index (χ3n) is 2.91. The van der Waals surface area contributed by atoms with Crippen molar-refractivity contribution in [3.63, 3.8) is 0 Å². The molecule has 3 rings (SSSR count). The van der Waals surface area contributed by atoms with Crippen molar-refractivity contribution in [3.8, 4) is 16.9 Å². The molecule has 3 aromatic rings. The number of benzene rings is 3. The van der Waals surface area contributed by atoms with E-state index in [1.54, 1.807) is 12.1 Å². The molecule has 0 atom stereocenters. The topological polar surface area (TPSA) is 37.3 Å². The van der Waals surface area contributed by atoms with Crippen LogP contribution >= 0.6 is 0 Å². The molecule has 1 N–H and O–H groups in total. The van der Waals surface area contributed by atoms with Gasteiger partial charge in [-0.05, 0) is 35.4 Å². The maximum atomic E-state index is 10.0. The van der Waals surface area contributed by atoms with Crippen LogP contribution in [0.3, 0.4) is 0 Å². The lowest BCUT2D eigenvalue weighted by Crippen LogP contribution is -1.74. The SMILES string of the molecule is O=Cc1ccc(O)cc1.c1ccc(-c2ccccc2)cc1. The summed E-state index contributed by atoms with van der Waals surface area (Å²) in [5.41, 5.74) is 3.13. The van der Waals surface area contributed by atoms with Gasteiger partial charge in [-0.3, -0.25) is 4.79 Å². The van der Waals surface area contributed by atoms with Gasteiger partial charge in [-0.1, -0.05) is 60.7 Å². The smallest absolute Gasteiger partial charge is 0.150 e. The van der Waals surface area contributed by atoms with Crippen LogP contribution < -0.4 is 0 Å². The highest BCUT2D eigenvalue weighted by atomic mass is 16.3. The second-order valence-corrected chi connectivity index (χ2v) is 4.44. The van der Waals surface area contributed by atoms with E-state index in [0.717, 1.165) is 6.29 Å². The van der Waals surface area contributed by atoms with Crippen LogP contribution in [0.15, 0.2) is 84.9 Å². The Morgan fingerprint density at radius 3 is 1.43 bits per heavy atom. The van der Waals surface area contributed by atoms with Gasteiger partial charge in [-0.25, -0.2) is 0 Å². The Hall–Kier alpha value is -2.87. The predicted octanol–water partition coefficient (Wildman–Crippen LogP) is 4.56. The Morgan fingerprint density at radius 2 is 1.05 bits per heavy atom. The molecule has 21 heavy (non-hydrogen) atoms. The van der Waals surface area contributed by atoms with Crippen molar-refractivity contribution in [1.82, 2.24) is 0 Å². The normalized spacial score (nSPS) is 9.33. The Kier molecular flexibility index (Phi) is 5.30. The van der Waals surface area contributed by atoms with Gasteiger partial charge in [-0.2, -0.15) is 0 Å². The van der Waals surface area contributed by atoms with Crippen molar-refractivity contribution in [1.29, 1.82) is 0 Å². The molecule has 0 spiro atoms. The number of aldehydes is 1. The van der Waals surface area contributed by atoms with E-state index in [1.165, 1.54) is 23.3 Å². The van der Waals surface area contributed by atoms with E-state index < -0.39 is 0 Å². The molecule has 0 radical (unpaired) electrons. The lowest BCUT2D eigenvalue weighted by Gasteiger charge is -1.98. The third kappa shape index (κ3) is 4.62. The summed E-state index contributed by atoms with van der Waals surface area (Å²) in [7, 11) is 0. The van der Waals surface area contributed by atoms with Gasteiger partial charge in [0, 0.05) is 5.56 Å². The zero-order chi connectivity index (χ0) is 14.9. The molecule has 0 aliphatic carbocycles. The van der Waals surface area contributed by atoms with Crippen LogP contribution in [-0.2, 0) is 0 Å². The fourth-order valence-electron chi connectivity index (χ4n) is 1.81. The molecule has 0 saturated carbocycles.